The standard InChI is InChI=1S/C18H22ClN/c1-12(2)7-14-5-4-6-15(10-14)18(20)16-8-13(3)9-17(19)11-16/h4-6,8-12,18H,7,20H2,1-3H3. The summed E-state index contributed by atoms with van der Waals surface area (Å²) in [7, 11) is 0. The molecule has 1 nitrogen and oxygen atoms in total. The Morgan fingerprint density at radius 1 is 1.05 bits per heavy atom. The molecule has 0 saturated carbocycles. The van der Waals surface area contributed by atoms with Crippen LogP contribution in [0.3, 0.4) is 0 Å². The van der Waals surface area contributed by atoms with E-state index in [9.17, 15) is 0 Å². The van der Waals surface area contributed by atoms with Crippen LogP contribution in [-0.4, -0.2) is 0 Å². The molecule has 2 aromatic carbocycles. The number of nitrogens with two attached hydrogens (primary N) is 1. The first-order valence-electron chi connectivity index (χ1n) is 7.07. The van der Waals surface area contributed by atoms with Gasteiger partial charge >= 0.3 is 0 Å². The Bertz CT molecular complexity index is 569. The molecule has 0 aliphatic carbocycles. The zero-order valence-corrected chi connectivity index (χ0v) is 13.1. The molecule has 0 bridgehead atoms. The van der Waals surface area contributed by atoms with Gasteiger partial charge in [-0.25, -0.2) is 0 Å². The summed E-state index contributed by atoms with van der Waals surface area (Å²) in [5.74, 6) is 0.648. The van der Waals surface area contributed by atoms with Crippen molar-refractivity contribution >= 4 is 11.6 Å². The number of rotatable bonds is 4. The lowest BCUT2D eigenvalue weighted by Gasteiger charge is -2.15. The van der Waals surface area contributed by atoms with Gasteiger partial charge in [0.25, 0.3) is 0 Å². The molecule has 0 aliphatic rings. The van der Waals surface area contributed by atoms with Crippen molar-refractivity contribution in [3.8, 4) is 0 Å². The van der Waals surface area contributed by atoms with Crippen LogP contribution in [0.1, 0.15) is 42.1 Å². The van der Waals surface area contributed by atoms with E-state index in [0.29, 0.717) is 5.92 Å². The van der Waals surface area contributed by atoms with Gasteiger partial charge in [0.1, 0.15) is 0 Å². The SMILES string of the molecule is Cc1cc(Cl)cc(C(N)c2cccc(CC(C)C)c2)c1. The predicted molar refractivity (Wildman–Crippen MR) is 87.2 cm³/mol. The second kappa shape index (κ2) is 6.43. The van der Waals surface area contributed by atoms with Crippen LogP contribution in [0.15, 0.2) is 42.5 Å². The van der Waals surface area contributed by atoms with Gasteiger partial charge in [0.2, 0.25) is 0 Å². The molecular weight excluding hydrogens is 266 g/mol. The second-order valence-corrected chi connectivity index (χ2v) is 6.32. The lowest BCUT2D eigenvalue weighted by molar-refractivity contribution is 0.646. The fourth-order valence-corrected chi connectivity index (χ4v) is 2.82. The number of hydrogen-bond donors (Lipinski definition) is 1. The summed E-state index contributed by atoms with van der Waals surface area (Å²) in [5, 5.41) is 0.744. The molecular formula is C18H22ClN. The first-order valence-corrected chi connectivity index (χ1v) is 7.45. The van der Waals surface area contributed by atoms with Crippen molar-refractivity contribution in [2.75, 3.05) is 0 Å². The highest BCUT2D eigenvalue weighted by Crippen LogP contribution is 2.25. The maximum Gasteiger partial charge on any atom is 0.0552 e. The van der Waals surface area contributed by atoms with Gasteiger partial charge in [-0.1, -0.05) is 55.8 Å². The molecule has 0 amide bonds. The molecule has 20 heavy (non-hydrogen) atoms. The van der Waals surface area contributed by atoms with Crippen LogP contribution in [0, 0.1) is 12.8 Å². The Labute approximate surface area is 126 Å². The molecule has 0 radical (unpaired) electrons. The Kier molecular flexibility index (Phi) is 4.85. The van der Waals surface area contributed by atoms with E-state index in [1.165, 1.54) is 5.56 Å². The van der Waals surface area contributed by atoms with Crippen LogP contribution < -0.4 is 5.73 Å². The van der Waals surface area contributed by atoms with Gasteiger partial charge in [0, 0.05) is 5.02 Å². The summed E-state index contributed by atoms with van der Waals surface area (Å²) in [6.07, 6.45) is 1.08. The van der Waals surface area contributed by atoms with E-state index in [4.69, 9.17) is 17.3 Å². The summed E-state index contributed by atoms with van der Waals surface area (Å²) in [4.78, 5) is 0. The maximum absolute atomic E-state index is 6.40. The fourth-order valence-electron chi connectivity index (χ4n) is 2.52. The predicted octanol–water partition coefficient (Wildman–Crippen LogP) is 4.90. The molecule has 2 aromatic rings. The molecule has 0 spiro atoms. The number of aryl methyl sites for hydroxylation is 1. The van der Waals surface area contributed by atoms with Crippen molar-refractivity contribution in [2.24, 2.45) is 11.7 Å². The molecule has 0 fully saturated rings. The molecule has 2 rings (SSSR count). The third kappa shape index (κ3) is 3.84. The minimum Gasteiger partial charge on any atom is -0.320 e. The number of halogens is 1. The highest BCUT2D eigenvalue weighted by atomic mass is 35.5. The topological polar surface area (TPSA) is 26.0 Å². The lowest BCUT2D eigenvalue weighted by Crippen LogP contribution is -2.12. The smallest absolute Gasteiger partial charge is 0.0552 e. The van der Waals surface area contributed by atoms with Crippen LogP contribution in [-0.2, 0) is 6.42 Å². The third-order valence-electron chi connectivity index (χ3n) is 3.38. The average molecular weight is 288 g/mol. The van der Waals surface area contributed by atoms with E-state index in [-0.39, 0.29) is 6.04 Å². The summed E-state index contributed by atoms with van der Waals surface area (Å²) in [5.41, 5.74) is 11.1. The molecule has 2 heteroatoms. The van der Waals surface area contributed by atoms with Crippen molar-refractivity contribution in [3.63, 3.8) is 0 Å². The third-order valence-corrected chi connectivity index (χ3v) is 3.60. The first kappa shape index (κ1) is 15.1. The molecule has 1 unspecified atom stereocenters. The first-order chi connectivity index (χ1) is 9.45. The van der Waals surface area contributed by atoms with Gasteiger partial charge in [-0.2, -0.15) is 0 Å². The van der Waals surface area contributed by atoms with Crippen molar-refractivity contribution in [2.45, 2.75) is 33.2 Å². The lowest BCUT2D eigenvalue weighted by atomic mass is 9.94. The van der Waals surface area contributed by atoms with Crippen LogP contribution >= 0.6 is 11.6 Å². The fraction of sp³-hybridized carbons (Fsp3) is 0.333. The van der Waals surface area contributed by atoms with E-state index < -0.39 is 0 Å². The van der Waals surface area contributed by atoms with Gasteiger partial charge in [0.15, 0.2) is 0 Å². The largest absolute Gasteiger partial charge is 0.320 e. The number of hydrogen-bond acceptors (Lipinski definition) is 1. The average Bonchev–Trinajstić information content (AvgIpc) is 2.36. The zero-order chi connectivity index (χ0) is 14.7. The minimum atomic E-state index is -0.125. The van der Waals surface area contributed by atoms with Crippen LogP contribution in [0.4, 0.5) is 0 Å². The Morgan fingerprint density at radius 2 is 1.80 bits per heavy atom. The minimum absolute atomic E-state index is 0.125. The normalized spacial score (nSPS) is 12.7. The van der Waals surface area contributed by atoms with Crippen LogP contribution in [0.25, 0.3) is 0 Å². The van der Waals surface area contributed by atoms with E-state index >= 15 is 0 Å². The molecule has 1 atom stereocenters. The number of benzene rings is 2. The quantitative estimate of drug-likeness (QED) is 0.851. The van der Waals surface area contributed by atoms with Crippen LogP contribution in [0.2, 0.25) is 5.02 Å². The van der Waals surface area contributed by atoms with Crippen LogP contribution in [0.5, 0.6) is 0 Å². The van der Waals surface area contributed by atoms with Gasteiger partial charge in [-0.3, -0.25) is 0 Å². The molecule has 0 heterocycles. The second-order valence-electron chi connectivity index (χ2n) is 5.88. The summed E-state index contributed by atoms with van der Waals surface area (Å²) < 4.78 is 0. The van der Waals surface area contributed by atoms with E-state index in [0.717, 1.165) is 28.1 Å². The molecule has 0 aromatic heterocycles. The van der Waals surface area contributed by atoms with Crippen molar-refractivity contribution in [1.29, 1.82) is 0 Å². The highest BCUT2D eigenvalue weighted by molar-refractivity contribution is 6.30. The Hall–Kier alpha value is -1.31. The monoisotopic (exact) mass is 287 g/mol. The summed E-state index contributed by atoms with van der Waals surface area (Å²) in [6, 6.07) is 14.4. The van der Waals surface area contributed by atoms with Crippen molar-refractivity contribution < 1.29 is 0 Å². The summed E-state index contributed by atoms with van der Waals surface area (Å²) >= 11 is 6.13. The molecule has 2 N–H and O–H groups in total. The molecule has 0 saturated heterocycles. The van der Waals surface area contributed by atoms with Crippen molar-refractivity contribution in [3.05, 3.63) is 69.7 Å². The Balaban J connectivity index is 2.30. The Morgan fingerprint density at radius 3 is 2.45 bits per heavy atom. The van der Waals surface area contributed by atoms with Crippen molar-refractivity contribution in [1.82, 2.24) is 0 Å². The van der Waals surface area contributed by atoms with Gasteiger partial charge in [-0.15, -0.1) is 0 Å². The zero-order valence-electron chi connectivity index (χ0n) is 12.4. The van der Waals surface area contributed by atoms with E-state index in [1.807, 2.05) is 19.1 Å². The molecule has 0 aliphatic heterocycles. The highest BCUT2D eigenvalue weighted by Gasteiger charge is 2.11. The molecule has 106 valence electrons. The maximum atomic E-state index is 6.40. The summed E-state index contributed by atoms with van der Waals surface area (Å²) in [6.45, 7) is 6.50. The van der Waals surface area contributed by atoms with Gasteiger partial charge < -0.3 is 5.73 Å². The van der Waals surface area contributed by atoms with Gasteiger partial charge in [0.05, 0.1) is 6.04 Å². The van der Waals surface area contributed by atoms with Gasteiger partial charge in [-0.05, 0) is 53.6 Å². The van der Waals surface area contributed by atoms with E-state index in [1.54, 1.807) is 0 Å². The van der Waals surface area contributed by atoms with E-state index in [2.05, 4.69) is 44.2 Å².